The summed E-state index contributed by atoms with van der Waals surface area (Å²) in [5.74, 6) is 0.284. The molecule has 2 fully saturated rings. The normalized spacial score (nSPS) is 21.9. The number of rotatable bonds is 2. The van der Waals surface area contributed by atoms with Crippen molar-refractivity contribution in [2.45, 2.75) is 39.7 Å². The number of carbonyl (C=O) groups is 2. The van der Waals surface area contributed by atoms with Crippen LogP contribution in [0.5, 0.6) is 0 Å². The van der Waals surface area contributed by atoms with E-state index in [2.05, 4.69) is 32.0 Å². The molecular weight excluding hydrogens is 276 g/mol. The Bertz CT molecular complexity index is 605. The van der Waals surface area contributed by atoms with Gasteiger partial charge >= 0.3 is 0 Å². The number of aryl methyl sites for hydroxylation is 2. The minimum atomic E-state index is -0.00499. The summed E-state index contributed by atoms with van der Waals surface area (Å²) in [5.41, 5.74) is 3.79. The van der Waals surface area contributed by atoms with E-state index in [1.807, 2.05) is 4.90 Å². The van der Waals surface area contributed by atoms with E-state index in [1.165, 1.54) is 16.7 Å². The maximum atomic E-state index is 12.8. The summed E-state index contributed by atoms with van der Waals surface area (Å²) >= 11 is 0. The van der Waals surface area contributed by atoms with Gasteiger partial charge in [-0.3, -0.25) is 9.59 Å². The van der Waals surface area contributed by atoms with Crippen molar-refractivity contribution in [3.8, 4) is 0 Å². The Morgan fingerprint density at radius 2 is 1.91 bits per heavy atom. The van der Waals surface area contributed by atoms with Crippen LogP contribution >= 0.6 is 0 Å². The zero-order valence-corrected chi connectivity index (χ0v) is 13.6. The molecule has 2 aliphatic heterocycles. The molecule has 0 aromatic heterocycles. The zero-order chi connectivity index (χ0) is 15.9. The molecule has 4 heteroatoms. The van der Waals surface area contributed by atoms with Gasteiger partial charge in [0.05, 0.1) is 12.0 Å². The third-order valence-electron chi connectivity index (χ3n) is 5.01. The summed E-state index contributed by atoms with van der Waals surface area (Å²) in [4.78, 5) is 27.8. The summed E-state index contributed by atoms with van der Waals surface area (Å²) < 4.78 is 0. The van der Waals surface area contributed by atoms with E-state index >= 15 is 0 Å². The van der Waals surface area contributed by atoms with Gasteiger partial charge < -0.3 is 9.80 Å². The van der Waals surface area contributed by atoms with Gasteiger partial charge in [-0.15, -0.1) is 0 Å². The highest BCUT2D eigenvalue weighted by atomic mass is 16.2. The molecular formula is C18H24N2O2. The molecule has 0 spiro atoms. The first-order valence-corrected chi connectivity index (χ1v) is 8.10. The van der Waals surface area contributed by atoms with Crippen LogP contribution in [-0.4, -0.2) is 41.2 Å². The van der Waals surface area contributed by atoms with Gasteiger partial charge in [0.2, 0.25) is 11.8 Å². The molecule has 118 valence electrons. The van der Waals surface area contributed by atoms with Crippen molar-refractivity contribution in [2.24, 2.45) is 5.92 Å². The van der Waals surface area contributed by atoms with Gasteiger partial charge in [0.15, 0.2) is 0 Å². The first-order chi connectivity index (χ1) is 10.5. The van der Waals surface area contributed by atoms with E-state index in [0.717, 1.165) is 19.4 Å². The second kappa shape index (κ2) is 5.75. The molecule has 0 N–H and O–H groups in total. The van der Waals surface area contributed by atoms with Crippen molar-refractivity contribution in [1.29, 1.82) is 0 Å². The summed E-state index contributed by atoms with van der Waals surface area (Å²) in [6.07, 6.45) is 2.10. The standard InChI is InChI=1S/C18H24N2O2/c1-12-6-7-13(2)16(9-12)17-5-4-8-20(17)18(22)15-10-19(11-15)14(3)21/h6-7,9,15,17H,4-5,8,10-11H2,1-3H3/t17-/m0/s1. The van der Waals surface area contributed by atoms with Crippen LogP contribution in [0.3, 0.4) is 0 Å². The molecule has 22 heavy (non-hydrogen) atoms. The van der Waals surface area contributed by atoms with E-state index < -0.39 is 0 Å². The van der Waals surface area contributed by atoms with Gasteiger partial charge in [0.1, 0.15) is 0 Å². The summed E-state index contributed by atoms with van der Waals surface area (Å²) in [7, 11) is 0. The lowest BCUT2D eigenvalue weighted by Gasteiger charge is -2.40. The van der Waals surface area contributed by atoms with E-state index in [4.69, 9.17) is 0 Å². The van der Waals surface area contributed by atoms with Crippen LogP contribution < -0.4 is 0 Å². The molecule has 0 bridgehead atoms. The lowest BCUT2D eigenvalue weighted by molar-refractivity contribution is -0.148. The van der Waals surface area contributed by atoms with Crippen LogP contribution in [0.1, 0.15) is 42.5 Å². The summed E-state index contributed by atoms with van der Waals surface area (Å²) in [6.45, 7) is 7.80. The van der Waals surface area contributed by atoms with Crippen molar-refractivity contribution >= 4 is 11.8 Å². The molecule has 1 aromatic rings. The molecule has 0 unspecified atom stereocenters. The second-order valence-corrected chi connectivity index (χ2v) is 6.67. The molecule has 2 amide bonds. The fraction of sp³-hybridized carbons (Fsp3) is 0.556. The molecule has 0 radical (unpaired) electrons. The molecule has 0 aliphatic carbocycles. The van der Waals surface area contributed by atoms with Crippen LogP contribution in [0.25, 0.3) is 0 Å². The van der Waals surface area contributed by atoms with E-state index in [-0.39, 0.29) is 23.8 Å². The maximum Gasteiger partial charge on any atom is 0.229 e. The zero-order valence-electron chi connectivity index (χ0n) is 13.6. The molecule has 0 saturated carbocycles. The Labute approximate surface area is 132 Å². The number of hydrogen-bond acceptors (Lipinski definition) is 2. The second-order valence-electron chi connectivity index (χ2n) is 6.67. The summed E-state index contributed by atoms with van der Waals surface area (Å²) in [6, 6.07) is 6.69. The van der Waals surface area contributed by atoms with Crippen LogP contribution in [0, 0.1) is 19.8 Å². The SMILES string of the molecule is CC(=O)N1CC(C(=O)N2CCC[C@H]2c2cc(C)ccc2C)C1. The van der Waals surface area contributed by atoms with E-state index in [9.17, 15) is 9.59 Å². The van der Waals surface area contributed by atoms with Gasteiger partial charge in [-0.05, 0) is 37.8 Å². The first-order valence-electron chi connectivity index (χ1n) is 8.10. The van der Waals surface area contributed by atoms with Crippen molar-refractivity contribution in [2.75, 3.05) is 19.6 Å². The van der Waals surface area contributed by atoms with Gasteiger partial charge in [0.25, 0.3) is 0 Å². The largest absolute Gasteiger partial charge is 0.341 e. The van der Waals surface area contributed by atoms with Gasteiger partial charge in [-0.1, -0.05) is 23.8 Å². The van der Waals surface area contributed by atoms with Crippen molar-refractivity contribution in [1.82, 2.24) is 9.80 Å². The predicted molar refractivity (Wildman–Crippen MR) is 85.3 cm³/mol. The Balaban J connectivity index is 1.75. The number of benzene rings is 1. The van der Waals surface area contributed by atoms with Crippen LogP contribution in [0.2, 0.25) is 0 Å². The fourth-order valence-electron chi connectivity index (χ4n) is 3.60. The van der Waals surface area contributed by atoms with Crippen LogP contribution in [0.15, 0.2) is 18.2 Å². The highest BCUT2D eigenvalue weighted by Crippen LogP contribution is 2.36. The fourth-order valence-corrected chi connectivity index (χ4v) is 3.60. The number of likely N-dealkylation sites (tertiary alicyclic amines) is 2. The Hall–Kier alpha value is -1.84. The number of hydrogen-bond donors (Lipinski definition) is 0. The van der Waals surface area contributed by atoms with Gasteiger partial charge in [0, 0.05) is 26.6 Å². The highest BCUT2D eigenvalue weighted by Gasteiger charge is 2.40. The van der Waals surface area contributed by atoms with Gasteiger partial charge in [-0.25, -0.2) is 0 Å². The van der Waals surface area contributed by atoms with Crippen molar-refractivity contribution in [3.63, 3.8) is 0 Å². The Kier molecular flexibility index (Phi) is 3.94. The average Bonchev–Trinajstić information content (AvgIpc) is 2.88. The van der Waals surface area contributed by atoms with Gasteiger partial charge in [-0.2, -0.15) is 0 Å². The smallest absolute Gasteiger partial charge is 0.229 e. The molecule has 1 aromatic carbocycles. The molecule has 1 atom stereocenters. The third-order valence-corrected chi connectivity index (χ3v) is 5.01. The molecule has 4 nitrogen and oxygen atoms in total. The number of nitrogens with zero attached hydrogens (tertiary/aromatic N) is 2. The average molecular weight is 300 g/mol. The lowest BCUT2D eigenvalue weighted by Crippen LogP contribution is -2.55. The predicted octanol–water partition coefficient (Wildman–Crippen LogP) is 2.45. The molecule has 2 heterocycles. The van der Waals surface area contributed by atoms with Crippen molar-refractivity contribution in [3.05, 3.63) is 34.9 Å². The molecule has 2 aliphatic rings. The minimum absolute atomic E-state index is 0.00499. The van der Waals surface area contributed by atoms with E-state index in [1.54, 1.807) is 11.8 Å². The first kappa shape index (κ1) is 15.1. The molecule has 3 rings (SSSR count). The maximum absolute atomic E-state index is 12.8. The molecule has 2 saturated heterocycles. The quantitative estimate of drug-likeness (QED) is 0.842. The van der Waals surface area contributed by atoms with Crippen LogP contribution in [-0.2, 0) is 9.59 Å². The minimum Gasteiger partial charge on any atom is -0.341 e. The number of amides is 2. The Morgan fingerprint density at radius 1 is 1.18 bits per heavy atom. The summed E-state index contributed by atoms with van der Waals surface area (Å²) in [5, 5.41) is 0. The number of carbonyl (C=O) groups excluding carboxylic acids is 2. The van der Waals surface area contributed by atoms with E-state index in [0.29, 0.717) is 13.1 Å². The Morgan fingerprint density at radius 3 is 2.59 bits per heavy atom. The third kappa shape index (κ3) is 2.62. The topological polar surface area (TPSA) is 40.6 Å². The van der Waals surface area contributed by atoms with Crippen LogP contribution in [0.4, 0.5) is 0 Å². The van der Waals surface area contributed by atoms with Crippen molar-refractivity contribution < 1.29 is 9.59 Å². The lowest BCUT2D eigenvalue weighted by atomic mass is 9.94. The highest BCUT2D eigenvalue weighted by molar-refractivity contribution is 5.84. The monoisotopic (exact) mass is 300 g/mol.